The molecular weight excluding hydrogens is 228 g/mol. The van der Waals surface area contributed by atoms with Crippen LogP contribution in [0, 0.1) is 5.92 Å². The molecule has 3 aliphatic rings. The Morgan fingerprint density at radius 1 is 1.17 bits per heavy atom. The zero-order valence-corrected chi connectivity index (χ0v) is 11.1. The summed E-state index contributed by atoms with van der Waals surface area (Å²) in [6.45, 7) is 3.79. The van der Waals surface area contributed by atoms with Gasteiger partial charge < -0.3 is 15.0 Å². The van der Waals surface area contributed by atoms with Gasteiger partial charge in [-0.3, -0.25) is 4.79 Å². The summed E-state index contributed by atoms with van der Waals surface area (Å²) in [5.74, 6) is 0.904. The average molecular weight is 252 g/mol. The van der Waals surface area contributed by atoms with E-state index in [2.05, 4.69) is 10.2 Å². The summed E-state index contributed by atoms with van der Waals surface area (Å²) in [6.07, 6.45) is 6.82. The molecule has 0 aromatic rings. The summed E-state index contributed by atoms with van der Waals surface area (Å²) >= 11 is 0. The first-order chi connectivity index (χ1) is 8.84. The number of carbonyl (C=O) groups excluding carboxylic acids is 1. The van der Waals surface area contributed by atoms with Crippen LogP contribution in [0.15, 0.2) is 0 Å². The van der Waals surface area contributed by atoms with Gasteiger partial charge in [-0.15, -0.1) is 0 Å². The van der Waals surface area contributed by atoms with E-state index in [9.17, 15) is 4.79 Å². The van der Waals surface area contributed by atoms with Gasteiger partial charge in [-0.1, -0.05) is 0 Å². The molecule has 0 aliphatic carbocycles. The number of hydrogen-bond acceptors (Lipinski definition) is 3. The molecule has 2 unspecified atom stereocenters. The van der Waals surface area contributed by atoms with Crippen LogP contribution in [0.2, 0.25) is 0 Å². The standard InChI is InChI=1S/C14H24N2O2/c17-14(13-6-3-9-18-13)16-8-2-4-11(10-16)12-5-1-7-15-12/h11-13,15H,1-10H2/t11?,12?,13-/m0/s1. The first-order valence-electron chi connectivity index (χ1n) is 7.48. The molecule has 0 aromatic heterocycles. The molecule has 102 valence electrons. The summed E-state index contributed by atoms with van der Waals surface area (Å²) in [7, 11) is 0. The second-order valence-corrected chi connectivity index (χ2v) is 5.89. The van der Waals surface area contributed by atoms with Crippen molar-refractivity contribution in [1.82, 2.24) is 10.2 Å². The maximum atomic E-state index is 12.3. The summed E-state index contributed by atoms with van der Waals surface area (Å²) in [5.41, 5.74) is 0. The normalized spacial score (nSPS) is 37.1. The Labute approximate surface area is 109 Å². The largest absolute Gasteiger partial charge is 0.368 e. The number of ether oxygens (including phenoxy) is 1. The molecule has 3 heterocycles. The Balaban J connectivity index is 1.57. The highest BCUT2D eigenvalue weighted by Gasteiger charge is 2.34. The Kier molecular flexibility index (Phi) is 3.85. The van der Waals surface area contributed by atoms with Gasteiger partial charge in [0.25, 0.3) is 5.91 Å². The summed E-state index contributed by atoms with van der Waals surface area (Å²) in [6, 6.07) is 0.644. The molecule has 4 nitrogen and oxygen atoms in total. The molecule has 18 heavy (non-hydrogen) atoms. The topological polar surface area (TPSA) is 41.6 Å². The second-order valence-electron chi connectivity index (χ2n) is 5.89. The maximum Gasteiger partial charge on any atom is 0.251 e. The van der Waals surface area contributed by atoms with E-state index in [4.69, 9.17) is 4.74 Å². The number of amides is 1. The van der Waals surface area contributed by atoms with Gasteiger partial charge >= 0.3 is 0 Å². The molecule has 3 saturated heterocycles. The number of piperidine rings is 1. The van der Waals surface area contributed by atoms with Gasteiger partial charge in [0, 0.05) is 25.7 Å². The summed E-state index contributed by atoms with van der Waals surface area (Å²) < 4.78 is 5.52. The Bertz CT molecular complexity index is 296. The summed E-state index contributed by atoms with van der Waals surface area (Å²) in [4.78, 5) is 14.4. The molecule has 0 radical (unpaired) electrons. The fourth-order valence-corrected chi connectivity index (χ4v) is 3.63. The first-order valence-corrected chi connectivity index (χ1v) is 7.48. The minimum Gasteiger partial charge on any atom is -0.368 e. The van der Waals surface area contributed by atoms with Crippen molar-refractivity contribution < 1.29 is 9.53 Å². The number of nitrogens with zero attached hydrogens (tertiary/aromatic N) is 1. The Morgan fingerprint density at radius 2 is 2.11 bits per heavy atom. The number of nitrogens with one attached hydrogen (secondary N) is 1. The highest BCUT2D eigenvalue weighted by molar-refractivity contribution is 5.81. The van der Waals surface area contributed by atoms with E-state index in [1.165, 1.54) is 19.3 Å². The van der Waals surface area contributed by atoms with Gasteiger partial charge in [0.05, 0.1) is 0 Å². The van der Waals surface area contributed by atoms with Gasteiger partial charge in [0.2, 0.25) is 0 Å². The molecule has 3 rings (SSSR count). The minimum atomic E-state index is -0.139. The zero-order chi connectivity index (χ0) is 12.4. The van der Waals surface area contributed by atoms with Gasteiger partial charge in [-0.05, 0) is 51.0 Å². The minimum absolute atomic E-state index is 0.139. The van der Waals surface area contributed by atoms with Crippen LogP contribution in [0.5, 0.6) is 0 Å². The van der Waals surface area contributed by atoms with Crippen LogP contribution in [-0.4, -0.2) is 49.2 Å². The molecule has 3 aliphatic heterocycles. The SMILES string of the molecule is O=C([C@@H]1CCCO1)N1CCCC(C2CCCN2)C1. The van der Waals surface area contributed by atoms with Crippen molar-refractivity contribution in [3.63, 3.8) is 0 Å². The van der Waals surface area contributed by atoms with Crippen LogP contribution in [0.1, 0.15) is 38.5 Å². The zero-order valence-electron chi connectivity index (χ0n) is 11.1. The molecule has 1 N–H and O–H groups in total. The van der Waals surface area contributed by atoms with E-state index in [1.807, 2.05) is 0 Å². The number of hydrogen-bond donors (Lipinski definition) is 1. The smallest absolute Gasteiger partial charge is 0.251 e. The van der Waals surface area contributed by atoms with Gasteiger partial charge in [0.15, 0.2) is 0 Å². The molecule has 1 amide bonds. The average Bonchev–Trinajstić information content (AvgIpc) is 3.11. The van der Waals surface area contributed by atoms with E-state index >= 15 is 0 Å². The van der Waals surface area contributed by atoms with E-state index in [0.717, 1.165) is 45.5 Å². The van der Waals surface area contributed by atoms with Gasteiger partial charge in [-0.25, -0.2) is 0 Å². The predicted molar refractivity (Wildman–Crippen MR) is 69.3 cm³/mol. The van der Waals surface area contributed by atoms with Crippen LogP contribution in [0.4, 0.5) is 0 Å². The van der Waals surface area contributed by atoms with Crippen molar-refractivity contribution >= 4 is 5.91 Å². The van der Waals surface area contributed by atoms with E-state index in [-0.39, 0.29) is 12.0 Å². The highest BCUT2D eigenvalue weighted by atomic mass is 16.5. The fourth-order valence-electron chi connectivity index (χ4n) is 3.63. The molecule has 4 heteroatoms. The van der Waals surface area contributed by atoms with Gasteiger partial charge in [0.1, 0.15) is 6.10 Å². The lowest BCUT2D eigenvalue weighted by Gasteiger charge is -2.36. The molecule has 3 fully saturated rings. The lowest BCUT2D eigenvalue weighted by atomic mass is 9.89. The molecule has 0 spiro atoms. The van der Waals surface area contributed by atoms with Crippen molar-refractivity contribution in [3.05, 3.63) is 0 Å². The van der Waals surface area contributed by atoms with Gasteiger partial charge in [-0.2, -0.15) is 0 Å². The predicted octanol–water partition coefficient (Wildman–Crippen LogP) is 1.16. The quantitative estimate of drug-likeness (QED) is 0.802. The molecular formula is C14H24N2O2. The van der Waals surface area contributed by atoms with E-state index in [0.29, 0.717) is 12.0 Å². The molecule has 0 bridgehead atoms. The lowest BCUT2D eigenvalue weighted by molar-refractivity contribution is -0.143. The van der Waals surface area contributed by atoms with Crippen LogP contribution >= 0.6 is 0 Å². The third-order valence-corrected chi connectivity index (χ3v) is 4.64. The number of likely N-dealkylation sites (tertiary alicyclic amines) is 1. The van der Waals surface area contributed by atoms with Crippen molar-refractivity contribution in [2.45, 2.75) is 50.7 Å². The third kappa shape index (κ3) is 2.54. The molecule has 0 saturated carbocycles. The first kappa shape index (κ1) is 12.4. The van der Waals surface area contributed by atoms with E-state index < -0.39 is 0 Å². The fraction of sp³-hybridized carbons (Fsp3) is 0.929. The van der Waals surface area contributed by atoms with Crippen LogP contribution < -0.4 is 5.32 Å². The van der Waals surface area contributed by atoms with Crippen molar-refractivity contribution in [3.8, 4) is 0 Å². The summed E-state index contributed by atoms with van der Waals surface area (Å²) in [5, 5.41) is 3.59. The Hall–Kier alpha value is -0.610. The van der Waals surface area contributed by atoms with Crippen LogP contribution in [0.3, 0.4) is 0 Å². The molecule has 3 atom stereocenters. The molecule has 0 aromatic carbocycles. The van der Waals surface area contributed by atoms with E-state index in [1.54, 1.807) is 0 Å². The highest BCUT2D eigenvalue weighted by Crippen LogP contribution is 2.26. The van der Waals surface area contributed by atoms with Crippen molar-refractivity contribution in [2.24, 2.45) is 5.92 Å². The maximum absolute atomic E-state index is 12.3. The Morgan fingerprint density at radius 3 is 2.83 bits per heavy atom. The monoisotopic (exact) mass is 252 g/mol. The third-order valence-electron chi connectivity index (χ3n) is 4.64. The lowest BCUT2D eigenvalue weighted by Crippen LogP contribution is -2.48. The number of carbonyl (C=O) groups is 1. The van der Waals surface area contributed by atoms with Crippen molar-refractivity contribution in [1.29, 1.82) is 0 Å². The number of rotatable bonds is 2. The second kappa shape index (κ2) is 5.57. The van der Waals surface area contributed by atoms with Crippen LogP contribution in [-0.2, 0) is 9.53 Å². The van der Waals surface area contributed by atoms with Crippen molar-refractivity contribution in [2.75, 3.05) is 26.2 Å². The van der Waals surface area contributed by atoms with Crippen LogP contribution in [0.25, 0.3) is 0 Å².